The zero-order valence-electron chi connectivity index (χ0n) is 20.3. The summed E-state index contributed by atoms with van der Waals surface area (Å²) in [5, 5.41) is 4.84. The maximum atomic E-state index is 13.0. The van der Waals surface area contributed by atoms with E-state index in [9.17, 15) is 19.2 Å². The molecule has 2 N–H and O–H groups in total. The Hall–Kier alpha value is -4.27. The van der Waals surface area contributed by atoms with Crippen LogP contribution in [0.1, 0.15) is 32.7 Å². The molecule has 2 amide bonds. The number of ether oxygens (including phenoxy) is 1. The maximum Gasteiger partial charge on any atom is 0.338 e. The van der Waals surface area contributed by atoms with Crippen molar-refractivity contribution in [1.29, 1.82) is 0 Å². The number of carbonyl (C=O) groups excluding carboxylic acids is 4. The second-order valence-corrected chi connectivity index (χ2v) is 9.38. The predicted octanol–water partition coefficient (Wildman–Crippen LogP) is 4.33. The smallest absolute Gasteiger partial charge is 0.338 e. The average Bonchev–Trinajstić information content (AvgIpc) is 3.47. The number of benzene rings is 3. The average molecular weight is 530 g/mol. The molecule has 1 aliphatic rings. The van der Waals surface area contributed by atoms with E-state index in [1.165, 1.54) is 24.3 Å². The fraction of sp³-hybridized carbons (Fsp3) is 0.172. The second kappa shape index (κ2) is 11.0. The highest BCUT2D eigenvalue weighted by atomic mass is 35.5. The molecule has 3 aromatic carbocycles. The van der Waals surface area contributed by atoms with Gasteiger partial charge in [-0.2, -0.15) is 0 Å². The van der Waals surface area contributed by atoms with Crippen molar-refractivity contribution in [3.8, 4) is 0 Å². The number of ketones is 1. The molecule has 8 nitrogen and oxygen atoms in total. The molecule has 192 valence electrons. The van der Waals surface area contributed by atoms with Crippen molar-refractivity contribution in [2.75, 3.05) is 18.1 Å². The van der Waals surface area contributed by atoms with E-state index in [1.807, 2.05) is 30.5 Å². The summed E-state index contributed by atoms with van der Waals surface area (Å²) in [5.41, 5.74) is 3.15. The van der Waals surface area contributed by atoms with E-state index in [2.05, 4.69) is 10.3 Å². The van der Waals surface area contributed by atoms with Crippen molar-refractivity contribution in [3.05, 3.63) is 101 Å². The van der Waals surface area contributed by atoms with Gasteiger partial charge in [0, 0.05) is 34.2 Å². The van der Waals surface area contributed by atoms with Crippen molar-refractivity contribution >= 4 is 51.8 Å². The quantitative estimate of drug-likeness (QED) is 0.190. The van der Waals surface area contributed by atoms with Gasteiger partial charge in [-0.1, -0.05) is 29.8 Å². The van der Waals surface area contributed by atoms with Crippen LogP contribution in [0.3, 0.4) is 0 Å². The monoisotopic (exact) mass is 529 g/mol. The Bertz CT molecular complexity index is 1510. The van der Waals surface area contributed by atoms with Crippen LogP contribution in [0, 0.1) is 0 Å². The summed E-state index contributed by atoms with van der Waals surface area (Å²) in [6.07, 6.45) is 2.73. The molecule has 0 saturated carbocycles. The number of rotatable bonds is 9. The van der Waals surface area contributed by atoms with Crippen LogP contribution in [0.25, 0.3) is 10.9 Å². The topological polar surface area (TPSA) is 109 Å². The number of carbonyl (C=O) groups is 4. The van der Waals surface area contributed by atoms with Gasteiger partial charge in [0.05, 0.1) is 23.7 Å². The number of esters is 1. The highest BCUT2D eigenvalue weighted by Crippen LogP contribution is 2.24. The molecule has 4 aromatic rings. The fourth-order valence-electron chi connectivity index (χ4n) is 4.46. The lowest BCUT2D eigenvalue weighted by Gasteiger charge is -2.16. The minimum atomic E-state index is -0.685. The van der Waals surface area contributed by atoms with Gasteiger partial charge >= 0.3 is 5.97 Å². The third-order valence-corrected chi connectivity index (χ3v) is 6.72. The number of aromatic nitrogens is 1. The summed E-state index contributed by atoms with van der Waals surface area (Å²) in [6, 6.07) is 19.6. The summed E-state index contributed by atoms with van der Waals surface area (Å²) < 4.78 is 5.12. The molecular formula is C29H24ClN3O5. The number of halogens is 1. The summed E-state index contributed by atoms with van der Waals surface area (Å²) in [6.45, 7) is 0.121. The van der Waals surface area contributed by atoms with Gasteiger partial charge in [-0.3, -0.25) is 14.4 Å². The number of imide groups is 1. The van der Waals surface area contributed by atoms with Crippen molar-refractivity contribution in [1.82, 2.24) is 10.3 Å². The van der Waals surface area contributed by atoms with Crippen LogP contribution in [-0.4, -0.2) is 47.7 Å². The predicted molar refractivity (Wildman–Crippen MR) is 143 cm³/mol. The number of H-pyrrole nitrogens is 1. The lowest BCUT2D eigenvalue weighted by Crippen LogP contribution is -2.39. The van der Waals surface area contributed by atoms with Crippen molar-refractivity contribution in [3.63, 3.8) is 0 Å². The number of nitrogens with one attached hydrogen (secondary N) is 2. The molecule has 0 radical (unpaired) electrons. The molecule has 0 spiro atoms. The van der Waals surface area contributed by atoms with E-state index in [0.29, 0.717) is 29.2 Å². The molecule has 1 aliphatic heterocycles. The Morgan fingerprint density at radius 3 is 2.45 bits per heavy atom. The molecule has 2 heterocycles. The first-order valence-corrected chi connectivity index (χ1v) is 12.5. The van der Waals surface area contributed by atoms with Crippen LogP contribution in [-0.2, 0) is 20.7 Å². The summed E-state index contributed by atoms with van der Waals surface area (Å²) in [5.74, 6) is -1.70. The number of hydrogen-bond donors (Lipinski definition) is 2. The van der Waals surface area contributed by atoms with Crippen molar-refractivity contribution < 1.29 is 23.9 Å². The molecule has 1 atom stereocenters. The minimum absolute atomic E-state index is 0.0588. The van der Waals surface area contributed by atoms with Gasteiger partial charge in [0.15, 0.2) is 12.4 Å². The molecule has 1 unspecified atom stereocenters. The molecule has 1 aromatic heterocycles. The third kappa shape index (κ3) is 5.37. The van der Waals surface area contributed by atoms with Crippen molar-refractivity contribution in [2.24, 2.45) is 0 Å². The highest BCUT2D eigenvalue weighted by Gasteiger charge is 2.39. The highest BCUT2D eigenvalue weighted by molar-refractivity contribution is 6.30. The van der Waals surface area contributed by atoms with Gasteiger partial charge < -0.3 is 15.0 Å². The van der Waals surface area contributed by atoms with Crippen LogP contribution in [0.5, 0.6) is 0 Å². The van der Waals surface area contributed by atoms with Crippen LogP contribution >= 0.6 is 11.6 Å². The lowest BCUT2D eigenvalue weighted by molar-refractivity contribution is -0.121. The van der Waals surface area contributed by atoms with Crippen molar-refractivity contribution in [2.45, 2.75) is 18.9 Å². The zero-order chi connectivity index (χ0) is 26.6. The Morgan fingerprint density at radius 2 is 1.68 bits per heavy atom. The number of amides is 2. The van der Waals surface area contributed by atoms with Gasteiger partial charge in [-0.25, -0.2) is 9.69 Å². The first kappa shape index (κ1) is 25.4. The standard InChI is InChI=1S/C29H24ClN3O5/c30-21-9-5-18(6-10-21)26(34)17-38-29(37)19-7-11-22(12-8-19)33-27(35)15-25(28(33)36)31-14-13-20-16-32-24-4-2-1-3-23(20)24/h1-12,16,25,31-32H,13-15,17H2. The first-order chi connectivity index (χ1) is 18.4. The number of anilines is 1. The van der Waals surface area contributed by atoms with E-state index in [0.717, 1.165) is 21.4 Å². The van der Waals surface area contributed by atoms with E-state index in [-0.39, 0.29) is 29.6 Å². The second-order valence-electron chi connectivity index (χ2n) is 8.94. The molecule has 9 heteroatoms. The van der Waals surface area contributed by atoms with Crippen LogP contribution in [0.2, 0.25) is 5.02 Å². The molecule has 38 heavy (non-hydrogen) atoms. The van der Waals surface area contributed by atoms with E-state index in [1.54, 1.807) is 24.3 Å². The Morgan fingerprint density at radius 1 is 0.974 bits per heavy atom. The van der Waals surface area contributed by atoms with Gasteiger partial charge in [0.25, 0.3) is 5.91 Å². The molecule has 5 rings (SSSR count). The summed E-state index contributed by atoms with van der Waals surface area (Å²) in [4.78, 5) is 54.6. The van der Waals surface area contributed by atoms with E-state index < -0.39 is 18.6 Å². The number of fused-ring (bicyclic) bond motifs is 1. The minimum Gasteiger partial charge on any atom is -0.454 e. The summed E-state index contributed by atoms with van der Waals surface area (Å²) in [7, 11) is 0. The Labute approximate surface area is 223 Å². The summed E-state index contributed by atoms with van der Waals surface area (Å²) >= 11 is 5.82. The van der Waals surface area contributed by atoms with Crippen LogP contribution < -0.4 is 10.2 Å². The number of para-hydroxylation sites is 1. The molecule has 0 bridgehead atoms. The molecule has 0 aliphatic carbocycles. The SMILES string of the molecule is O=C(COC(=O)c1ccc(N2C(=O)CC(NCCc3c[nH]c4ccccc34)C2=O)cc1)c1ccc(Cl)cc1. The molecular weight excluding hydrogens is 506 g/mol. The largest absolute Gasteiger partial charge is 0.454 e. The van der Waals surface area contributed by atoms with E-state index >= 15 is 0 Å². The van der Waals surface area contributed by atoms with Gasteiger partial charge in [-0.15, -0.1) is 0 Å². The normalized spacial score (nSPS) is 15.3. The van der Waals surface area contributed by atoms with E-state index in [4.69, 9.17) is 16.3 Å². The molecule has 1 fully saturated rings. The Kier molecular flexibility index (Phi) is 7.35. The number of nitrogens with zero attached hydrogens (tertiary/aromatic N) is 1. The van der Waals surface area contributed by atoms with Crippen LogP contribution in [0.4, 0.5) is 5.69 Å². The first-order valence-electron chi connectivity index (χ1n) is 12.1. The molecule has 1 saturated heterocycles. The van der Waals surface area contributed by atoms with Crippen LogP contribution in [0.15, 0.2) is 79.0 Å². The number of hydrogen-bond acceptors (Lipinski definition) is 6. The van der Waals surface area contributed by atoms with Gasteiger partial charge in [0.2, 0.25) is 5.91 Å². The third-order valence-electron chi connectivity index (χ3n) is 6.47. The number of Topliss-reactive ketones (excluding diaryl/α,β-unsaturated/α-hetero) is 1. The van der Waals surface area contributed by atoms with Gasteiger partial charge in [0.1, 0.15) is 0 Å². The van der Waals surface area contributed by atoms with Gasteiger partial charge in [-0.05, 0) is 66.6 Å². The zero-order valence-corrected chi connectivity index (χ0v) is 21.0. The lowest BCUT2D eigenvalue weighted by atomic mass is 10.1. The maximum absolute atomic E-state index is 13.0. The number of aromatic amines is 1. The fourth-order valence-corrected chi connectivity index (χ4v) is 4.59. The Balaban J connectivity index is 1.15.